The zero-order chi connectivity index (χ0) is 13.7. The summed E-state index contributed by atoms with van der Waals surface area (Å²) in [5.41, 5.74) is 4.41. The lowest BCUT2D eigenvalue weighted by Crippen LogP contribution is -2.16. The molecule has 0 aliphatic carbocycles. The van der Waals surface area contributed by atoms with E-state index in [0.717, 1.165) is 18.7 Å². The van der Waals surface area contributed by atoms with Crippen molar-refractivity contribution in [1.29, 1.82) is 5.26 Å². The lowest BCUT2D eigenvalue weighted by Gasteiger charge is -2.19. The van der Waals surface area contributed by atoms with Crippen molar-refractivity contribution in [2.75, 3.05) is 11.9 Å². The summed E-state index contributed by atoms with van der Waals surface area (Å²) in [6.45, 7) is 3.01. The van der Waals surface area contributed by atoms with Crippen LogP contribution < -0.4 is 4.90 Å². The van der Waals surface area contributed by atoms with Crippen LogP contribution in [0.1, 0.15) is 23.6 Å². The number of rotatable bonds is 4. The molecule has 0 saturated heterocycles. The smallest absolute Gasteiger partial charge is 0.0992 e. The predicted molar refractivity (Wildman–Crippen MR) is 79.1 cm³/mol. The van der Waals surface area contributed by atoms with Gasteiger partial charge in [-0.2, -0.15) is 5.26 Å². The second-order valence-electron chi connectivity index (χ2n) is 4.69. The molecule has 0 aliphatic rings. The largest absolute Gasteiger partial charge is 0.370 e. The van der Waals surface area contributed by atoms with Gasteiger partial charge in [0.2, 0.25) is 0 Å². The maximum Gasteiger partial charge on any atom is 0.0992 e. The molecule has 2 aromatic carbocycles. The molecule has 0 aliphatic heterocycles. The lowest BCUT2D eigenvalue weighted by atomic mass is 10.1. The van der Waals surface area contributed by atoms with Crippen molar-refractivity contribution < 1.29 is 0 Å². The van der Waals surface area contributed by atoms with E-state index < -0.39 is 0 Å². The van der Waals surface area contributed by atoms with Gasteiger partial charge in [-0.15, -0.1) is 0 Å². The highest BCUT2D eigenvalue weighted by atomic mass is 15.1. The number of hydrogen-bond acceptors (Lipinski definition) is 2. The molecule has 2 rings (SSSR count). The first-order valence-electron chi connectivity index (χ1n) is 6.52. The topological polar surface area (TPSA) is 27.0 Å². The molecule has 96 valence electrons. The molecule has 0 amide bonds. The van der Waals surface area contributed by atoms with Crippen molar-refractivity contribution in [2.24, 2.45) is 0 Å². The second-order valence-corrected chi connectivity index (χ2v) is 4.69. The first-order chi connectivity index (χ1) is 9.22. The van der Waals surface area contributed by atoms with E-state index in [2.05, 4.69) is 42.2 Å². The SMILES string of the molecule is CCc1ccc(CN(C)c2cccc(C#N)c2)cc1. The van der Waals surface area contributed by atoms with E-state index in [1.165, 1.54) is 11.1 Å². The summed E-state index contributed by atoms with van der Waals surface area (Å²) in [5.74, 6) is 0. The molecule has 0 fully saturated rings. The minimum atomic E-state index is 0.700. The van der Waals surface area contributed by atoms with Gasteiger partial charge >= 0.3 is 0 Å². The van der Waals surface area contributed by atoms with E-state index in [4.69, 9.17) is 5.26 Å². The molecule has 0 aromatic heterocycles. The van der Waals surface area contributed by atoms with Crippen LogP contribution in [0.2, 0.25) is 0 Å². The summed E-state index contributed by atoms with van der Waals surface area (Å²) in [7, 11) is 2.05. The van der Waals surface area contributed by atoms with Gasteiger partial charge in [0.05, 0.1) is 11.6 Å². The predicted octanol–water partition coefficient (Wildman–Crippen LogP) is 3.76. The Morgan fingerprint density at radius 1 is 1.05 bits per heavy atom. The van der Waals surface area contributed by atoms with Crippen LogP contribution in [0, 0.1) is 11.3 Å². The van der Waals surface area contributed by atoms with Gasteiger partial charge < -0.3 is 4.90 Å². The number of anilines is 1. The molecule has 0 N–H and O–H groups in total. The van der Waals surface area contributed by atoms with Gasteiger partial charge in [0, 0.05) is 19.3 Å². The zero-order valence-electron chi connectivity index (χ0n) is 11.4. The minimum absolute atomic E-state index is 0.700. The Bertz CT molecular complexity index is 579. The average molecular weight is 250 g/mol. The van der Waals surface area contributed by atoms with E-state index in [1.807, 2.05) is 31.3 Å². The Balaban J connectivity index is 2.11. The molecular formula is C17H18N2. The van der Waals surface area contributed by atoms with Gasteiger partial charge in [0.25, 0.3) is 0 Å². The van der Waals surface area contributed by atoms with Crippen molar-refractivity contribution in [3.8, 4) is 6.07 Å². The van der Waals surface area contributed by atoms with Crippen LogP contribution in [0.3, 0.4) is 0 Å². The van der Waals surface area contributed by atoms with Crippen molar-refractivity contribution >= 4 is 5.69 Å². The van der Waals surface area contributed by atoms with Gasteiger partial charge in [-0.25, -0.2) is 0 Å². The molecule has 0 unspecified atom stereocenters. The zero-order valence-corrected chi connectivity index (χ0v) is 11.4. The van der Waals surface area contributed by atoms with Crippen molar-refractivity contribution in [2.45, 2.75) is 19.9 Å². The summed E-state index contributed by atoms with van der Waals surface area (Å²) in [4.78, 5) is 2.15. The quantitative estimate of drug-likeness (QED) is 0.826. The van der Waals surface area contributed by atoms with Crippen LogP contribution in [-0.2, 0) is 13.0 Å². The molecule has 0 atom stereocenters. The number of hydrogen-bond donors (Lipinski definition) is 0. The summed E-state index contributed by atoms with van der Waals surface area (Å²) >= 11 is 0. The van der Waals surface area contributed by atoms with E-state index in [9.17, 15) is 0 Å². The Kier molecular flexibility index (Phi) is 4.20. The molecule has 0 saturated carbocycles. The Hall–Kier alpha value is -2.27. The van der Waals surface area contributed by atoms with Crippen molar-refractivity contribution in [1.82, 2.24) is 0 Å². The molecule has 2 nitrogen and oxygen atoms in total. The van der Waals surface area contributed by atoms with Crippen LogP contribution in [0.15, 0.2) is 48.5 Å². The fourth-order valence-electron chi connectivity index (χ4n) is 2.06. The summed E-state index contributed by atoms with van der Waals surface area (Å²) in [5, 5.41) is 8.92. The summed E-state index contributed by atoms with van der Waals surface area (Å²) < 4.78 is 0. The van der Waals surface area contributed by atoms with E-state index in [-0.39, 0.29) is 0 Å². The van der Waals surface area contributed by atoms with Crippen molar-refractivity contribution in [3.63, 3.8) is 0 Å². The van der Waals surface area contributed by atoms with Crippen LogP contribution in [0.5, 0.6) is 0 Å². The van der Waals surface area contributed by atoms with Gasteiger partial charge in [0.15, 0.2) is 0 Å². The third kappa shape index (κ3) is 3.35. The van der Waals surface area contributed by atoms with Crippen LogP contribution in [0.4, 0.5) is 5.69 Å². The highest BCUT2D eigenvalue weighted by Gasteiger charge is 2.03. The molecule has 2 heteroatoms. The number of benzene rings is 2. The first kappa shape index (κ1) is 13.2. The molecule has 0 radical (unpaired) electrons. The minimum Gasteiger partial charge on any atom is -0.370 e. The van der Waals surface area contributed by atoms with Gasteiger partial charge in [-0.3, -0.25) is 0 Å². The van der Waals surface area contributed by atoms with Crippen molar-refractivity contribution in [3.05, 3.63) is 65.2 Å². The highest BCUT2D eigenvalue weighted by molar-refractivity contribution is 5.51. The highest BCUT2D eigenvalue weighted by Crippen LogP contribution is 2.17. The average Bonchev–Trinajstić information content (AvgIpc) is 2.48. The molecule has 0 spiro atoms. The van der Waals surface area contributed by atoms with Crippen LogP contribution in [0.25, 0.3) is 0 Å². The number of aryl methyl sites for hydroxylation is 1. The second kappa shape index (κ2) is 6.06. The Morgan fingerprint density at radius 3 is 2.37 bits per heavy atom. The maximum atomic E-state index is 8.92. The third-order valence-corrected chi connectivity index (χ3v) is 3.27. The summed E-state index contributed by atoms with van der Waals surface area (Å²) in [6, 6.07) is 18.6. The molecule has 0 bridgehead atoms. The standard InChI is InChI=1S/C17H18N2/c1-3-14-7-9-15(10-8-14)13-19(2)17-6-4-5-16(11-17)12-18/h4-11H,3,13H2,1-2H3. The fraction of sp³-hybridized carbons (Fsp3) is 0.235. The van der Waals surface area contributed by atoms with E-state index in [1.54, 1.807) is 0 Å². The molecule has 19 heavy (non-hydrogen) atoms. The summed E-state index contributed by atoms with van der Waals surface area (Å²) in [6.07, 6.45) is 1.07. The third-order valence-electron chi connectivity index (χ3n) is 3.27. The molecule has 2 aromatic rings. The van der Waals surface area contributed by atoms with Crippen LogP contribution in [-0.4, -0.2) is 7.05 Å². The maximum absolute atomic E-state index is 8.92. The Morgan fingerprint density at radius 2 is 1.74 bits per heavy atom. The number of nitrogens with zero attached hydrogens (tertiary/aromatic N) is 2. The normalized spacial score (nSPS) is 9.95. The van der Waals surface area contributed by atoms with Crippen LogP contribution >= 0.6 is 0 Å². The first-order valence-corrected chi connectivity index (χ1v) is 6.52. The molecular weight excluding hydrogens is 232 g/mol. The Labute approximate surface area is 114 Å². The fourth-order valence-corrected chi connectivity index (χ4v) is 2.06. The van der Waals surface area contributed by atoms with E-state index >= 15 is 0 Å². The van der Waals surface area contributed by atoms with Gasteiger partial charge in [-0.1, -0.05) is 37.3 Å². The lowest BCUT2D eigenvalue weighted by molar-refractivity contribution is 0.921. The molecule has 0 heterocycles. The monoisotopic (exact) mass is 250 g/mol. The number of nitriles is 1. The van der Waals surface area contributed by atoms with Gasteiger partial charge in [-0.05, 0) is 35.7 Å². The van der Waals surface area contributed by atoms with Gasteiger partial charge in [0.1, 0.15) is 0 Å². The van der Waals surface area contributed by atoms with E-state index in [0.29, 0.717) is 5.56 Å².